The molecule has 164 valence electrons. The molecule has 0 aliphatic carbocycles. The van der Waals surface area contributed by atoms with E-state index in [0.29, 0.717) is 49.4 Å². The molecule has 2 aromatic rings. The van der Waals surface area contributed by atoms with E-state index in [4.69, 9.17) is 11.6 Å². The maximum Gasteiger partial charge on any atom is 0.321 e. The monoisotopic (exact) mass is 442 g/mol. The first-order chi connectivity index (χ1) is 15.0. The molecule has 1 atom stereocenters. The number of piperidine rings is 1. The Kier molecular flexibility index (Phi) is 6.56. The van der Waals surface area contributed by atoms with E-state index in [1.54, 1.807) is 29.4 Å². The first kappa shape index (κ1) is 21.4. The van der Waals surface area contributed by atoms with Crippen LogP contribution in [0.4, 0.5) is 16.4 Å². The lowest BCUT2D eigenvalue weighted by Crippen LogP contribution is -2.54. The van der Waals surface area contributed by atoms with Crippen LogP contribution in [-0.2, 0) is 4.79 Å². The smallest absolute Gasteiger partial charge is 0.321 e. The number of nitrogens with one attached hydrogen (secondary N) is 1. The molecule has 4 rings (SSSR count). The van der Waals surface area contributed by atoms with Crippen LogP contribution in [0.5, 0.6) is 0 Å². The third-order valence-electron chi connectivity index (χ3n) is 5.91. The maximum absolute atomic E-state index is 13.1. The van der Waals surface area contributed by atoms with Crippen LogP contribution in [0.3, 0.4) is 0 Å². The summed E-state index contributed by atoms with van der Waals surface area (Å²) in [7, 11) is 0. The SMILES string of the molecule is Cc1ccc(NC(=O)N2CCN(C(=O)C3CCCN(c4ncccn4)C3)CC2)cc1Cl. The second kappa shape index (κ2) is 9.51. The molecule has 8 nitrogen and oxygen atoms in total. The number of carbonyl (C=O) groups excluding carboxylic acids is 2. The Labute approximate surface area is 187 Å². The minimum absolute atomic E-state index is 0.0624. The normalized spacial score (nSPS) is 19.3. The van der Waals surface area contributed by atoms with Crippen molar-refractivity contribution >= 4 is 35.2 Å². The van der Waals surface area contributed by atoms with Crippen molar-refractivity contribution < 1.29 is 9.59 Å². The summed E-state index contributed by atoms with van der Waals surface area (Å²) in [5.41, 5.74) is 1.64. The molecule has 0 spiro atoms. The molecule has 9 heteroatoms. The molecule has 2 saturated heterocycles. The highest BCUT2D eigenvalue weighted by molar-refractivity contribution is 6.31. The van der Waals surface area contributed by atoms with E-state index < -0.39 is 0 Å². The highest BCUT2D eigenvalue weighted by Gasteiger charge is 2.32. The molecule has 2 fully saturated rings. The highest BCUT2D eigenvalue weighted by atomic mass is 35.5. The van der Waals surface area contributed by atoms with Crippen LogP contribution in [0.2, 0.25) is 5.02 Å². The molecule has 1 aromatic heterocycles. The number of halogens is 1. The quantitative estimate of drug-likeness (QED) is 0.790. The summed E-state index contributed by atoms with van der Waals surface area (Å²) in [5.74, 6) is 0.774. The zero-order valence-corrected chi connectivity index (χ0v) is 18.4. The van der Waals surface area contributed by atoms with Gasteiger partial charge in [-0.05, 0) is 43.5 Å². The summed E-state index contributed by atoms with van der Waals surface area (Å²) < 4.78 is 0. The Balaban J connectivity index is 1.29. The molecule has 0 saturated carbocycles. The van der Waals surface area contributed by atoms with E-state index in [2.05, 4.69) is 20.2 Å². The average Bonchev–Trinajstić information content (AvgIpc) is 2.82. The Bertz CT molecular complexity index is 933. The maximum atomic E-state index is 13.1. The number of carbonyl (C=O) groups is 2. The standard InChI is InChI=1S/C22H27ClN6O2/c1-16-5-6-18(14-19(16)23)26-22(31)28-12-10-27(11-13-28)20(30)17-4-2-9-29(15-17)21-24-7-3-8-25-21/h3,5-8,14,17H,2,4,9-13,15H2,1H3,(H,26,31). The van der Waals surface area contributed by atoms with E-state index in [1.165, 1.54) is 0 Å². The summed E-state index contributed by atoms with van der Waals surface area (Å²) >= 11 is 6.14. The predicted molar refractivity (Wildman–Crippen MR) is 120 cm³/mol. The number of hydrogen-bond acceptors (Lipinski definition) is 5. The van der Waals surface area contributed by atoms with Gasteiger partial charge in [0.2, 0.25) is 11.9 Å². The van der Waals surface area contributed by atoms with Crippen molar-refractivity contribution in [1.29, 1.82) is 0 Å². The predicted octanol–water partition coefficient (Wildman–Crippen LogP) is 3.03. The van der Waals surface area contributed by atoms with Gasteiger partial charge in [-0.2, -0.15) is 0 Å². The topological polar surface area (TPSA) is 81.7 Å². The van der Waals surface area contributed by atoms with Gasteiger partial charge >= 0.3 is 6.03 Å². The van der Waals surface area contributed by atoms with Gasteiger partial charge < -0.3 is 20.0 Å². The molecular formula is C22H27ClN6O2. The van der Waals surface area contributed by atoms with Crippen LogP contribution in [0.25, 0.3) is 0 Å². The minimum Gasteiger partial charge on any atom is -0.340 e. The number of aromatic nitrogens is 2. The molecule has 0 radical (unpaired) electrons. The number of amides is 3. The number of hydrogen-bond donors (Lipinski definition) is 1. The van der Waals surface area contributed by atoms with E-state index >= 15 is 0 Å². The second-order valence-electron chi connectivity index (χ2n) is 8.04. The summed E-state index contributed by atoms with van der Waals surface area (Å²) in [6.07, 6.45) is 5.26. The van der Waals surface area contributed by atoms with Crippen LogP contribution in [-0.4, -0.2) is 71.0 Å². The van der Waals surface area contributed by atoms with E-state index in [9.17, 15) is 9.59 Å². The average molecular weight is 443 g/mol. The first-order valence-electron chi connectivity index (χ1n) is 10.6. The molecule has 1 N–H and O–H groups in total. The fourth-order valence-corrected chi connectivity index (χ4v) is 4.26. The van der Waals surface area contributed by atoms with Crippen LogP contribution in [0.1, 0.15) is 18.4 Å². The van der Waals surface area contributed by atoms with Crippen molar-refractivity contribution in [1.82, 2.24) is 19.8 Å². The number of aryl methyl sites for hydroxylation is 1. The van der Waals surface area contributed by atoms with Crippen molar-refractivity contribution in [2.75, 3.05) is 49.5 Å². The van der Waals surface area contributed by atoms with Crippen LogP contribution in [0, 0.1) is 12.8 Å². The van der Waals surface area contributed by atoms with E-state index in [0.717, 1.165) is 24.9 Å². The highest BCUT2D eigenvalue weighted by Crippen LogP contribution is 2.23. The van der Waals surface area contributed by atoms with E-state index in [1.807, 2.05) is 24.0 Å². The van der Waals surface area contributed by atoms with Crippen molar-refractivity contribution in [2.45, 2.75) is 19.8 Å². The first-order valence-corrected chi connectivity index (χ1v) is 11.0. The lowest BCUT2D eigenvalue weighted by Gasteiger charge is -2.39. The third kappa shape index (κ3) is 5.07. The summed E-state index contributed by atoms with van der Waals surface area (Å²) in [6, 6.07) is 7.09. The van der Waals surface area contributed by atoms with Gasteiger partial charge in [0.15, 0.2) is 0 Å². The summed E-state index contributed by atoms with van der Waals surface area (Å²) in [6.45, 7) is 5.52. The fraction of sp³-hybridized carbons (Fsp3) is 0.455. The van der Waals surface area contributed by atoms with Crippen molar-refractivity contribution in [3.63, 3.8) is 0 Å². The molecule has 31 heavy (non-hydrogen) atoms. The number of nitrogens with zero attached hydrogens (tertiary/aromatic N) is 5. The van der Waals surface area contributed by atoms with Crippen molar-refractivity contribution in [3.8, 4) is 0 Å². The van der Waals surface area contributed by atoms with Crippen molar-refractivity contribution in [3.05, 3.63) is 47.2 Å². The lowest BCUT2D eigenvalue weighted by molar-refractivity contribution is -0.137. The van der Waals surface area contributed by atoms with Crippen LogP contribution < -0.4 is 10.2 Å². The summed E-state index contributed by atoms with van der Waals surface area (Å²) in [4.78, 5) is 40.0. The lowest BCUT2D eigenvalue weighted by atomic mass is 9.96. The number of urea groups is 1. The van der Waals surface area contributed by atoms with Crippen LogP contribution >= 0.6 is 11.6 Å². The molecule has 2 aliphatic heterocycles. The largest absolute Gasteiger partial charge is 0.340 e. The van der Waals surface area contributed by atoms with Gasteiger partial charge in [-0.3, -0.25) is 4.79 Å². The number of anilines is 2. The molecule has 0 bridgehead atoms. The van der Waals surface area contributed by atoms with E-state index in [-0.39, 0.29) is 17.9 Å². The van der Waals surface area contributed by atoms with Gasteiger partial charge in [-0.1, -0.05) is 17.7 Å². The Hall–Kier alpha value is -2.87. The number of rotatable bonds is 3. The molecule has 1 aromatic carbocycles. The molecule has 3 amide bonds. The van der Waals surface area contributed by atoms with Gasteiger partial charge in [0.05, 0.1) is 5.92 Å². The zero-order chi connectivity index (χ0) is 21.8. The second-order valence-corrected chi connectivity index (χ2v) is 8.45. The summed E-state index contributed by atoms with van der Waals surface area (Å²) in [5, 5.41) is 3.51. The zero-order valence-electron chi connectivity index (χ0n) is 17.6. The molecule has 3 heterocycles. The van der Waals surface area contributed by atoms with Crippen LogP contribution in [0.15, 0.2) is 36.7 Å². The van der Waals surface area contributed by atoms with Gasteiger partial charge in [-0.25, -0.2) is 14.8 Å². The number of piperazine rings is 1. The van der Waals surface area contributed by atoms with Gasteiger partial charge in [-0.15, -0.1) is 0 Å². The molecular weight excluding hydrogens is 416 g/mol. The Morgan fingerprint density at radius 1 is 1.06 bits per heavy atom. The third-order valence-corrected chi connectivity index (χ3v) is 6.31. The van der Waals surface area contributed by atoms with Gasteiger partial charge in [0, 0.05) is 62.4 Å². The molecule has 2 aliphatic rings. The number of benzene rings is 1. The minimum atomic E-state index is -0.169. The van der Waals surface area contributed by atoms with Gasteiger partial charge in [0.1, 0.15) is 0 Å². The Morgan fingerprint density at radius 3 is 2.48 bits per heavy atom. The fourth-order valence-electron chi connectivity index (χ4n) is 4.08. The van der Waals surface area contributed by atoms with Crippen molar-refractivity contribution in [2.24, 2.45) is 5.92 Å². The molecule has 1 unspecified atom stereocenters. The van der Waals surface area contributed by atoms with Gasteiger partial charge in [0.25, 0.3) is 0 Å². The Morgan fingerprint density at radius 2 is 1.77 bits per heavy atom.